The van der Waals surface area contributed by atoms with E-state index in [1.54, 1.807) is 73.1 Å². The number of benzene rings is 3. The summed E-state index contributed by atoms with van der Waals surface area (Å²) >= 11 is 6.34. The number of pyridine rings is 1. The second-order valence-electron chi connectivity index (χ2n) is 8.21. The number of aromatic nitrogens is 3. The van der Waals surface area contributed by atoms with E-state index in [-0.39, 0.29) is 17.3 Å². The lowest BCUT2D eigenvalue weighted by Gasteiger charge is -2.15. The van der Waals surface area contributed by atoms with Gasteiger partial charge in [-0.15, -0.1) is 0 Å². The highest BCUT2D eigenvalue weighted by molar-refractivity contribution is 6.32. The minimum atomic E-state index is -0.473. The molecule has 0 saturated carbocycles. The van der Waals surface area contributed by atoms with Crippen molar-refractivity contribution in [1.29, 1.82) is 0 Å². The van der Waals surface area contributed by atoms with Crippen LogP contribution in [-0.4, -0.2) is 20.7 Å². The largest absolute Gasteiger partial charge is 0.453 e. The molecule has 0 bridgehead atoms. The van der Waals surface area contributed by atoms with Gasteiger partial charge in [0.1, 0.15) is 5.75 Å². The molecule has 5 rings (SSSR count). The summed E-state index contributed by atoms with van der Waals surface area (Å²) in [7, 11) is 0. The molecule has 1 amide bonds. The van der Waals surface area contributed by atoms with E-state index in [0.717, 1.165) is 5.56 Å². The minimum absolute atomic E-state index is 0.137. The van der Waals surface area contributed by atoms with Gasteiger partial charge in [-0.25, -0.2) is 0 Å². The number of nitrogens with one attached hydrogen (secondary N) is 2. The highest BCUT2D eigenvalue weighted by Crippen LogP contribution is 2.29. The number of ether oxygens (including phenoxy) is 1. The second-order valence-corrected chi connectivity index (χ2v) is 8.62. The Morgan fingerprint density at radius 2 is 1.68 bits per heavy atom. The van der Waals surface area contributed by atoms with Gasteiger partial charge < -0.3 is 15.4 Å². The number of rotatable bonds is 8. The number of amides is 1. The van der Waals surface area contributed by atoms with Crippen molar-refractivity contribution in [1.82, 2.24) is 20.1 Å². The van der Waals surface area contributed by atoms with Crippen LogP contribution in [0.5, 0.6) is 11.5 Å². The van der Waals surface area contributed by atoms with Crippen LogP contribution in [0.15, 0.2) is 114 Å². The zero-order chi connectivity index (χ0) is 26.3. The van der Waals surface area contributed by atoms with E-state index in [4.69, 9.17) is 16.3 Å². The maximum atomic E-state index is 13.6. The highest BCUT2D eigenvalue weighted by atomic mass is 35.5. The number of hydrogen-bond acceptors (Lipinski definition) is 6. The number of nitrogens with zero attached hydrogens (tertiary/aromatic N) is 3. The zero-order valence-electron chi connectivity index (χ0n) is 20.0. The van der Waals surface area contributed by atoms with Crippen molar-refractivity contribution in [2.45, 2.75) is 6.54 Å². The summed E-state index contributed by atoms with van der Waals surface area (Å²) in [6.07, 6.45) is 4.79. The molecule has 0 unspecified atom stereocenters. The Balaban J connectivity index is 1.47. The smallest absolute Gasteiger partial charge is 0.299 e. The first-order valence-corrected chi connectivity index (χ1v) is 12.1. The lowest BCUT2D eigenvalue weighted by Crippen LogP contribution is -2.24. The number of hydrogen-bond donors (Lipinski definition) is 2. The van der Waals surface area contributed by atoms with Crippen molar-refractivity contribution < 1.29 is 9.53 Å². The van der Waals surface area contributed by atoms with Crippen molar-refractivity contribution in [3.05, 3.63) is 136 Å². The van der Waals surface area contributed by atoms with E-state index in [1.165, 1.54) is 10.9 Å². The summed E-state index contributed by atoms with van der Waals surface area (Å²) in [5.41, 5.74) is 1.97. The van der Waals surface area contributed by atoms with Crippen molar-refractivity contribution in [3.8, 4) is 17.2 Å². The molecule has 5 aromatic rings. The molecule has 0 aliphatic rings. The Hall–Kier alpha value is -4.95. The van der Waals surface area contributed by atoms with E-state index < -0.39 is 5.56 Å². The topological polar surface area (TPSA) is 98.1 Å². The molecule has 0 atom stereocenters. The third-order valence-corrected chi connectivity index (χ3v) is 5.91. The van der Waals surface area contributed by atoms with Gasteiger partial charge in [0.15, 0.2) is 11.4 Å². The molecule has 188 valence electrons. The van der Waals surface area contributed by atoms with Crippen LogP contribution >= 0.6 is 11.6 Å². The summed E-state index contributed by atoms with van der Waals surface area (Å²) < 4.78 is 7.20. The van der Waals surface area contributed by atoms with E-state index in [0.29, 0.717) is 34.3 Å². The Bertz CT molecular complexity index is 1620. The molecule has 8 nitrogen and oxygen atoms in total. The van der Waals surface area contributed by atoms with E-state index in [2.05, 4.69) is 20.7 Å². The van der Waals surface area contributed by atoms with Crippen LogP contribution in [0.4, 0.5) is 11.4 Å². The van der Waals surface area contributed by atoms with Gasteiger partial charge in [0, 0.05) is 30.2 Å². The molecule has 3 aromatic carbocycles. The lowest BCUT2D eigenvalue weighted by molar-refractivity contribution is 0.0951. The van der Waals surface area contributed by atoms with Gasteiger partial charge in [-0.3, -0.25) is 14.6 Å². The maximum Gasteiger partial charge on any atom is 0.299 e. The first-order valence-electron chi connectivity index (χ1n) is 11.7. The average Bonchev–Trinajstić information content (AvgIpc) is 2.95. The van der Waals surface area contributed by atoms with Crippen LogP contribution in [-0.2, 0) is 6.54 Å². The molecule has 0 saturated heterocycles. The fourth-order valence-electron chi connectivity index (χ4n) is 3.71. The molecular formula is C29H22ClN5O3. The van der Waals surface area contributed by atoms with Crippen LogP contribution in [0.3, 0.4) is 0 Å². The molecule has 0 fully saturated rings. The molecular weight excluding hydrogens is 502 g/mol. The molecule has 2 aromatic heterocycles. The standard InChI is InChI=1S/C29H22ClN5O3/c30-24-11-4-5-12-25(24)35-29(37)27(26(19-33-35)38-23-9-2-1-3-10-23)34-22-8-6-7-21(17-22)28(36)32-18-20-13-15-31-16-14-20/h1-17,19,34H,18H2,(H,32,36). The molecule has 0 aliphatic carbocycles. The molecule has 2 heterocycles. The molecule has 0 radical (unpaired) electrons. The van der Waals surface area contributed by atoms with Crippen LogP contribution < -0.4 is 20.9 Å². The summed E-state index contributed by atoms with van der Waals surface area (Å²) in [6, 6.07) is 26.5. The number of carbonyl (C=O) groups excluding carboxylic acids is 1. The fourth-order valence-corrected chi connectivity index (χ4v) is 3.92. The number of halogens is 1. The van der Waals surface area contributed by atoms with Crippen molar-refractivity contribution in [2.75, 3.05) is 5.32 Å². The molecule has 2 N–H and O–H groups in total. The number of anilines is 2. The molecule has 38 heavy (non-hydrogen) atoms. The van der Waals surface area contributed by atoms with Crippen LogP contribution in [0.25, 0.3) is 5.69 Å². The minimum Gasteiger partial charge on any atom is -0.453 e. The van der Waals surface area contributed by atoms with E-state index in [1.807, 2.05) is 30.3 Å². The number of carbonyl (C=O) groups is 1. The molecule has 9 heteroatoms. The van der Waals surface area contributed by atoms with Gasteiger partial charge in [0.2, 0.25) is 0 Å². The Morgan fingerprint density at radius 1 is 0.921 bits per heavy atom. The van der Waals surface area contributed by atoms with E-state index in [9.17, 15) is 9.59 Å². The molecule has 0 aliphatic heterocycles. The quantitative estimate of drug-likeness (QED) is 0.269. The summed E-state index contributed by atoms with van der Waals surface area (Å²) in [6.45, 7) is 0.362. The average molecular weight is 524 g/mol. The predicted molar refractivity (Wildman–Crippen MR) is 146 cm³/mol. The van der Waals surface area contributed by atoms with Gasteiger partial charge in [-0.2, -0.15) is 9.78 Å². The highest BCUT2D eigenvalue weighted by Gasteiger charge is 2.17. The van der Waals surface area contributed by atoms with Gasteiger partial charge >= 0.3 is 0 Å². The van der Waals surface area contributed by atoms with Crippen molar-refractivity contribution in [3.63, 3.8) is 0 Å². The van der Waals surface area contributed by atoms with Gasteiger partial charge in [-0.05, 0) is 60.2 Å². The van der Waals surface area contributed by atoms with Gasteiger partial charge in [0.05, 0.1) is 16.9 Å². The Labute approximate surface area is 223 Å². The SMILES string of the molecule is O=C(NCc1ccncc1)c1cccc(Nc2c(Oc3ccccc3)cnn(-c3ccccc3Cl)c2=O)c1. The van der Waals surface area contributed by atoms with Gasteiger partial charge in [0.25, 0.3) is 11.5 Å². The normalized spacial score (nSPS) is 10.6. The lowest BCUT2D eigenvalue weighted by atomic mass is 10.1. The van der Waals surface area contributed by atoms with E-state index >= 15 is 0 Å². The maximum absolute atomic E-state index is 13.6. The summed E-state index contributed by atoms with van der Waals surface area (Å²) in [5.74, 6) is 0.503. The Kier molecular flexibility index (Phi) is 7.42. The predicted octanol–water partition coefficient (Wildman–Crippen LogP) is 5.75. The number of para-hydroxylation sites is 2. The van der Waals surface area contributed by atoms with Crippen LogP contribution in [0.2, 0.25) is 5.02 Å². The van der Waals surface area contributed by atoms with Crippen LogP contribution in [0.1, 0.15) is 15.9 Å². The third kappa shape index (κ3) is 5.71. The second kappa shape index (κ2) is 11.4. The van der Waals surface area contributed by atoms with Crippen molar-refractivity contribution in [2.24, 2.45) is 0 Å². The Morgan fingerprint density at radius 3 is 2.47 bits per heavy atom. The van der Waals surface area contributed by atoms with Crippen LogP contribution in [0, 0.1) is 0 Å². The summed E-state index contributed by atoms with van der Waals surface area (Å²) in [4.78, 5) is 30.4. The fraction of sp³-hybridized carbons (Fsp3) is 0.0345. The first-order chi connectivity index (χ1) is 18.6. The summed E-state index contributed by atoms with van der Waals surface area (Å²) in [5, 5.41) is 10.7. The zero-order valence-corrected chi connectivity index (χ0v) is 20.8. The third-order valence-electron chi connectivity index (χ3n) is 5.59. The monoisotopic (exact) mass is 523 g/mol. The van der Waals surface area contributed by atoms with Crippen molar-refractivity contribution >= 4 is 28.9 Å². The molecule has 0 spiro atoms. The van der Waals surface area contributed by atoms with Gasteiger partial charge in [-0.1, -0.05) is 48.0 Å². The first kappa shape index (κ1) is 24.7.